The summed E-state index contributed by atoms with van der Waals surface area (Å²) in [5.41, 5.74) is 2.06. The number of hydrogen-bond acceptors (Lipinski definition) is 6. The minimum atomic E-state index is -0.713. The Morgan fingerprint density at radius 1 is 1.08 bits per heavy atom. The van der Waals surface area contributed by atoms with Gasteiger partial charge in [-0.05, 0) is 51.2 Å². The van der Waals surface area contributed by atoms with Gasteiger partial charge in [0.2, 0.25) is 0 Å². The lowest BCUT2D eigenvalue weighted by Crippen LogP contribution is -2.51. The van der Waals surface area contributed by atoms with E-state index in [0.717, 1.165) is 17.3 Å². The molecule has 1 aromatic heterocycles. The van der Waals surface area contributed by atoms with Gasteiger partial charge in [0.1, 0.15) is 12.0 Å². The molecule has 1 N–H and O–H groups in total. The van der Waals surface area contributed by atoms with Gasteiger partial charge in [0.15, 0.2) is 11.5 Å². The van der Waals surface area contributed by atoms with Gasteiger partial charge in [-0.15, -0.1) is 0 Å². The fourth-order valence-electron chi connectivity index (χ4n) is 4.74. The van der Waals surface area contributed by atoms with Crippen LogP contribution in [0.2, 0.25) is 0 Å². The van der Waals surface area contributed by atoms with Crippen molar-refractivity contribution in [2.75, 3.05) is 26.3 Å². The van der Waals surface area contributed by atoms with Crippen molar-refractivity contribution < 1.29 is 19.4 Å². The van der Waals surface area contributed by atoms with E-state index in [1.54, 1.807) is 0 Å². The number of aromatic nitrogens is 2. The summed E-state index contributed by atoms with van der Waals surface area (Å²) in [7, 11) is 0. The van der Waals surface area contributed by atoms with Crippen molar-refractivity contribution in [1.82, 2.24) is 14.9 Å². The molecule has 2 aromatic carbocycles. The van der Waals surface area contributed by atoms with Crippen LogP contribution in [0, 0.1) is 17.8 Å². The van der Waals surface area contributed by atoms with E-state index >= 15 is 0 Å². The molecular weight excluding hydrogens is 454 g/mol. The van der Waals surface area contributed by atoms with Crippen molar-refractivity contribution in [1.29, 1.82) is 0 Å². The molecule has 4 rings (SSSR count). The molecule has 1 fully saturated rings. The first kappa shape index (κ1) is 25.5. The molecule has 36 heavy (non-hydrogen) atoms. The highest BCUT2D eigenvalue weighted by atomic mass is 16.5. The molecule has 1 aliphatic heterocycles. The van der Waals surface area contributed by atoms with Crippen LogP contribution in [-0.2, 0) is 11.2 Å². The van der Waals surface area contributed by atoms with Crippen LogP contribution in [-0.4, -0.2) is 57.8 Å². The van der Waals surface area contributed by atoms with Gasteiger partial charge < -0.3 is 14.6 Å². The summed E-state index contributed by atoms with van der Waals surface area (Å²) >= 11 is 0. The van der Waals surface area contributed by atoms with Crippen LogP contribution in [0.3, 0.4) is 0 Å². The van der Waals surface area contributed by atoms with Crippen molar-refractivity contribution in [3.63, 3.8) is 0 Å². The largest absolute Gasteiger partial charge is 0.490 e. The summed E-state index contributed by atoms with van der Waals surface area (Å²) in [6.07, 6.45) is 3.49. The Hall–Kier alpha value is -3.63. The van der Waals surface area contributed by atoms with Gasteiger partial charge in [-0.2, -0.15) is 0 Å². The number of hydrogen-bond donors (Lipinski definition) is 1. The normalized spacial score (nSPS) is 16.1. The van der Waals surface area contributed by atoms with Gasteiger partial charge >= 0.3 is 5.97 Å². The molecule has 0 bridgehead atoms. The van der Waals surface area contributed by atoms with Crippen molar-refractivity contribution >= 4 is 16.9 Å². The Morgan fingerprint density at radius 3 is 2.39 bits per heavy atom. The topological polar surface area (TPSA) is 84.8 Å². The molecule has 0 unspecified atom stereocenters. The number of rotatable bonds is 8. The van der Waals surface area contributed by atoms with Crippen LogP contribution < -0.4 is 9.47 Å². The lowest BCUT2D eigenvalue weighted by Gasteiger charge is -2.41. The fourth-order valence-corrected chi connectivity index (χ4v) is 4.74. The second-order valence-electron chi connectivity index (χ2n) is 9.19. The van der Waals surface area contributed by atoms with Crippen molar-refractivity contribution in [2.24, 2.45) is 5.92 Å². The summed E-state index contributed by atoms with van der Waals surface area (Å²) in [6, 6.07) is 14.1. The van der Waals surface area contributed by atoms with Crippen molar-refractivity contribution in [3.8, 4) is 23.3 Å². The molecule has 0 aliphatic carbocycles. The standard InChI is InChI=1S/C29H33N3O4/c1-4-35-26-17-23-24(30-20-31-25(23)18-27(26)36-5-2)11-14-29(3,19-21-9-7-6-8-10-21)32-15-12-22(13-16-32)28(33)34/h6-10,17-18,20,22H,4-5,12-13,15-16,19H2,1-3H3,(H,33,34)/t29-/m0/s1. The molecule has 0 spiro atoms. The predicted molar refractivity (Wildman–Crippen MR) is 139 cm³/mol. The molecule has 1 saturated heterocycles. The molecule has 1 aliphatic rings. The third-order valence-electron chi connectivity index (χ3n) is 6.68. The number of aliphatic carboxylic acids is 1. The zero-order valence-corrected chi connectivity index (χ0v) is 21.2. The zero-order valence-electron chi connectivity index (χ0n) is 21.2. The Morgan fingerprint density at radius 2 is 1.75 bits per heavy atom. The molecule has 1 atom stereocenters. The second kappa shape index (κ2) is 11.4. The van der Waals surface area contributed by atoms with E-state index in [4.69, 9.17) is 9.47 Å². The summed E-state index contributed by atoms with van der Waals surface area (Å²) in [4.78, 5) is 22.7. The van der Waals surface area contributed by atoms with E-state index in [9.17, 15) is 9.90 Å². The van der Waals surface area contributed by atoms with Crippen LogP contribution in [0.15, 0.2) is 48.8 Å². The van der Waals surface area contributed by atoms with E-state index in [2.05, 4.69) is 45.8 Å². The summed E-state index contributed by atoms with van der Waals surface area (Å²) in [6.45, 7) is 8.42. The number of benzene rings is 2. The molecule has 0 saturated carbocycles. The Bertz CT molecular complexity index is 1260. The molecule has 2 heterocycles. The van der Waals surface area contributed by atoms with Crippen molar-refractivity contribution in [3.05, 3.63) is 60.0 Å². The zero-order chi connectivity index (χ0) is 25.5. The maximum atomic E-state index is 11.5. The molecule has 0 amide bonds. The fraction of sp³-hybridized carbons (Fsp3) is 0.414. The van der Waals surface area contributed by atoms with Gasteiger partial charge in [0.25, 0.3) is 0 Å². The minimum Gasteiger partial charge on any atom is -0.490 e. The molecule has 7 heteroatoms. The Labute approximate surface area is 212 Å². The molecule has 188 valence electrons. The van der Waals surface area contributed by atoms with Crippen LogP contribution in [0.5, 0.6) is 11.5 Å². The number of likely N-dealkylation sites (tertiary alicyclic amines) is 1. The Kier molecular flexibility index (Phi) is 8.07. The van der Waals surface area contributed by atoms with Gasteiger partial charge in [-0.3, -0.25) is 9.69 Å². The highest BCUT2D eigenvalue weighted by Crippen LogP contribution is 2.33. The van der Waals surface area contributed by atoms with Crippen molar-refractivity contribution in [2.45, 2.75) is 45.6 Å². The summed E-state index contributed by atoms with van der Waals surface area (Å²) in [5, 5.41) is 10.3. The monoisotopic (exact) mass is 487 g/mol. The number of ether oxygens (including phenoxy) is 2. The number of carboxylic acid groups (broad SMARTS) is 1. The summed E-state index contributed by atoms with van der Waals surface area (Å²) < 4.78 is 11.6. The SMILES string of the molecule is CCOc1cc2ncnc(C#C[C@@](C)(Cc3ccccc3)N3CCC(C(=O)O)CC3)c2cc1OCC. The Balaban J connectivity index is 1.72. The first-order valence-corrected chi connectivity index (χ1v) is 12.5. The number of fused-ring (bicyclic) bond motifs is 1. The highest BCUT2D eigenvalue weighted by Gasteiger charge is 2.35. The first-order valence-electron chi connectivity index (χ1n) is 12.5. The molecule has 3 aromatic rings. The van der Waals surface area contributed by atoms with Crippen LogP contribution >= 0.6 is 0 Å². The quantitative estimate of drug-likeness (QED) is 0.466. The van der Waals surface area contributed by atoms with E-state index in [-0.39, 0.29) is 5.92 Å². The second-order valence-corrected chi connectivity index (χ2v) is 9.19. The highest BCUT2D eigenvalue weighted by molar-refractivity contribution is 5.86. The molecule has 7 nitrogen and oxygen atoms in total. The van der Waals surface area contributed by atoms with E-state index < -0.39 is 11.5 Å². The number of nitrogens with zero attached hydrogens (tertiary/aromatic N) is 3. The van der Waals surface area contributed by atoms with Gasteiger partial charge in [-0.1, -0.05) is 36.3 Å². The van der Waals surface area contributed by atoms with Crippen LogP contribution in [0.1, 0.15) is 44.9 Å². The van der Waals surface area contributed by atoms with Gasteiger partial charge in [-0.25, -0.2) is 9.97 Å². The third-order valence-corrected chi connectivity index (χ3v) is 6.68. The lowest BCUT2D eigenvalue weighted by atomic mass is 9.87. The van der Waals surface area contributed by atoms with E-state index in [0.29, 0.717) is 56.3 Å². The maximum absolute atomic E-state index is 11.5. The maximum Gasteiger partial charge on any atom is 0.306 e. The van der Waals surface area contributed by atoms with E-state index in [1.165, 1.54) is 11.9 Å². The summed E-state index contributed by atoms with van der Waals surface area (Å²) in [5.74, 6) is 7.16. The average Bonchev–Trinajstić information content (AvgIpc) is 2.89. The predicted octanol–water partition coefficient (Wildman–Crippen LogP) is 4.58. The molecular formula is C29H33N3O4. The number of piperidine rings is 1. The number of carboxylic acids is 1. The number of carbonyl (C=O) groups is 1. The van der Waals surface area contributed by atoms with Gasteiger partial charge in [0.05, 0.1) is 30.2 Å². The first-order chi connectivity index (χ1) is 17.4. The van der Waals surface area contributed by atoms with Crippen LogP contribution in [0.4, 0.5) is 0 Å². The third kappa shape index (κ3) is 5.77. The minimum absolute atomic E-state index is 0.294. The van der Waals surface area contributed by atoms with Crippen LogP contribution in [0.25, 0.3) is 10.9 Å². The average molecular weight is 488 g/mol. The molecule has 0 radical (unpaired) electrons. The van der Waals surface area contributed by atoms with Gasteiger partial charge in [0, 0.05) is 31.0 Å². The van der Waals surface area contributed by atoms with E-state index in [1.807, 2.05) is 44.2 Å². The smallest absolute Gasteiger partial charge is 0.306 e. The lowest BCUT2D eigenvalue weighted by molar-refractivity contribution is -0.143.